The Bertz CT molecular complexity index is 771. The van der Waals surface area contributed by atoms with E-state index in [1.807, 2.05) is 0 Å². The summed E-state index contributed by atoms with van der Waals surface area (Å²) in [5.41, 5.74) is -2.18. The number of ether oxygens (including phenoxy) is 1. The molecule has 0 radical (unpaired) electrons. The number of benzene rings is 1. The zero-order chi connectivity index (χ0) is 19.9. The highest BCUT2D eigenvalue weighted by molar-refractivity contribution is 6.55. The topological polar surface area (TPSA) is 26.3 Å². The molecule has 0 N–H and O–H groups in total. The van der Waals surface area contributed by atoms with E-state index in [-0.39, 0.29) is 16.5 Å². The fourth-order valence-corrected chi connectivity index (χ4v) is 3.22. The summed E-state index contributed by atoms with van der Waals surface area (Å²) in [5.74, 6) is -5.86. The van der Waals surface area contributed by atoms with Gasteiger partial charge in [-0.1, -0.05) is 49.2 Å². The number of carbonyl (C=O) groups excluding carboxylic acids is 1. The quantitative estimate of drug-likeness (QED) is 0.332. The van der Waals surface area contributed by atoms with Crippen molar-refractivity contribution in [1.82, 2.24) is 0 Å². The van der Waals surface area contributed by atoms with Gasteiger partial charge in [0.1, 0.15) is 10.1 Å². The van der Waals surface area contributed by atoms with Crippen molar-refractivity contribution in [3.8, 4) is 0 Å². The van der Waals surface area contributed by atoms with Crippen LogP contribution in [-0.4, -0.2) is 5.97 Å². The van der Waals surface area contributed by atoms with Gasteiger partial charge < -0.3 is 4.74 Å². The van der Waals surface area contributed by atoms with Gasteiger partial charge in [-0.15, -0.1) is 6.58 Å². The molecule has 142 valence electrons. The van der Waals surface area contributed by atoms with E-state index >= 15 is 0 Å². The first-order chi connectivity index (χ1) is 11.9. The molecule has 1 aliphatic carbocycles. The van der Waals surface area contributed by atoms with Crippen LogP contribution >= 0.6 is 23.2 Å². The lowest BCUT2D eigenvalue weighted by Crippen LogP contribution is -2.26. The minimum atomic E-state index is -4.33. The van der Waals surface area contributed by atoms with Crippen molar-refractivity contribution in [2.24, 2.45) is 17.3 Å². The molecular formula is C18H16Cl2F4O2. The van der Waals surface area contributed by atoms with Crippen molar-refractivity contribution in [1.29, 1.82) is 0 Å². The minimum absolute atomic E-state index is 0.0299. The number of hydrogen-bond acceptors (Lipinski definition) is 2. The minimum Gasteiger partial charge on any atom is -0.397 e. The maximum atomic E-state index is 14.3. The molecule has 2 atom stereocenters. The number of rotatable bonds is 6. The monoisotopic (exact) mass is 410 g/mol. The summed E-state index contributed by atoms with van der Waals surface area (Å²) in [6.45, 7) is 6.68. The second-order valence-electron chi connectivity index (χ2n) is 6.61. The third-order valence-corrected chi connectivity index (χ3v) is 4.79. The highest BCUT2D eigenvalue weighted by Crippen LogP contribution is 2.60. The van der Waals surface area contributed by atoms with Crippen LogP contribution in [0.5, 0.6) is 0 Å². The number of alkyl halides is 2. The third kappa shape index (κ3) is 3.91. The summed E-state index contributed by atoms with van der Waals surface area (Å²) in [4.78, 5) is 12.1. The average Bonchev–Trinajstić information content (AvgIpc) is 3.03. The Hall–Kier alpha value is -1.53. The van der Waals surface area contributed by atoms with Crippen molar-refractivity contribution < 1.29 is 27.1 Å². The Morgan fingerprint density at radius 2 is 1.92 bits per heavy atom. The van der Waals surface area contributed by atoms with Gasteiger partial charge in [-0.25, -0.2) is 8.78 Å². The molecular weight excluding hydrogens is 395 g/mol. The molecule has 2 rings (SSSR count). The second kappa shape index (κ2) is 7.24. The van der Waals surface area contributed by atoms with E-state index in [1.54, 1.807) is 13.8 Å². The van der Waals surface area contributed by atoms with Crippen LogP contribution in [0.25, 0.3) is 0 Å². The Morgan fingerprint density at radius 1 is 1.31 bits per heavy atom. The molecule has 1 aromatic rings. The SMILES string of the molecule is C=CCc1ccc(C(F)(F)OC(=O)C2C(C=C(Cl)Cl)C2(C)C)c(F)c1F. The van der Waals surface area contributed by atoms with Crippen molar-refractivity contribution in [2.75, 3.05) is 0 Å². The van der Waals surface area contributed by atoms with Gasteiger partial charge in [-0.2, -0.15) is 8.78 Å². The first-order valence-corrected chi connectivity index (χ1v) is 8.40. The van der Waals surface area contributed by atoms with E-state index < -0.39 is 46.5 Å². The Kier molecular flexibility index (Phi) is 5.78. The summed E-state index contributed by atoms with van der Waals surface area (Å²) in [5, 5.41) is 0. The lowest BCUT2D eigenvalue weighted by atomic mass is 10.1. The van der Waals surface area contributed by atoms with Crippen molar-refractivity contribution in [3.05, 3.63) is 58.1 Å². The lowest BCUT2D eigenvalue weighted by molar-refractivity contribution is -0.243. The second-order valence-corrected chi connectivity index (χ2v) is 7.62. The smallest absolute Gasteiger partial charge is 0.397 e. The Balaban J connectivity index is 2.24. The molecule has 0 bridgehead atoms. The maximum absolute atomic E-state index is 14.3. The number of allylic oxidation sites excluding steroid dienone is 2. The summed E-state index contributed by atoms with van der Waals surface area (Å²) in [7, 11) is 0. The van der Waals surface area contributed by atoms with E-state index in [9.17, 15) is 22.4 Å². The van der Waals surface area contributed by atoms with Crippen LogP contribution in [0.1, 0.15) is 25.0 Å². The number of halogens is 6. The molecule has 0 aromatic heterocycles. The number of hydrogen-bond donors (Lipinski definition) is 0. The van der Waals surface area contributed by atoms with Crippen LogP contribution < -0.4 is 0 Å². The van der Waals surface area contributed by atoms with Crippen molar-refractivity contribution >= 4 is 29.2 Å². The molecule has 0 spiro atoms. The van der Waals surface area contributed by atoms with Crippen LogP contribution in [0.4, 0.5) is 17.6 Å². The van der Waals surface area contributed by atoms with Gasteiger partial charge in [0.2, 0.25) is 0 Å². The van der Waals surface area contributed by atoms with Gasteiger partial charge in [-0.05, 0) is 35.5 Å². The van der Waals surface area contributed by atoms with Crippen molar-refractivity contribution in [2.45, 2.75) is 26.4 Å². The molecule has 0 heterocycles. The fourth-order valence-electron chi connectivity index (χ4n) is 2.95. The van der Waals surface area contributed by atoms with Gasteiger partial charge in [-0.3, -0.25) is 4.79 Å². The van der Waals surface area contributed by atoms with Crippen LogP contribution in [0, 0.1) is 28.9 Å². The first kappa shape index (κ1) is 20.8. The summed E-state index contributed by atoms with van der Waals surface area (Å²) in [6.07, 6.45) is -1.69. The largest absolute Gasteiger partial charge is 0.431 e. The number of esters is 1. The van der Waals surface area contributed by atoms with E-state index in [0.29, 0.717) is 6.07 Å². The van der Waals surface area contributed by atoms with Gasteiger partial charge in [0.15, 0.2) is 11.6 Å². The molecule has 2 nitrogen and oxygen atoms in total. The van der Waals surface area contributed by atoms with E-state index in [4.69, 9.17) is 23.2 Å². The highest BCUT2D eigenvalue weighted by atomic mass is 35.5. The fraction of sp³-hybridized carbons (Fsp3) is 0.389. The molecule has 1 saturated carbocycles. The Labute approximate surface area is 158 Å². The number of carbonyl (C=O) groups is 1. The highest BCUT2D eigenvalue weighted by Gasteiger charge is 2.63. The summed E-state index contributed by atoms with van der Waals surface area (Å²) in [6, 6.07) is 1.69. The lowest BCUT2D eigenvalue weighted by Gasteiger charge is -2.19. The van der Waals surface area contributed by atoms with E-state index in [1.165, 1.54) is 12.2 Å². The van der Waals surface area contributed by atoms with Crippen molar-refractivity contribution in [3.63, 3.8) is 0 Å². The predicted molar refractivity (Wildman–Crippen MR) is 90.8 cm³/mol. The molecule has 0 amide bonds. The molecule has 8 heteroatoms. The molecule has 2 unspecified atom stereocenters. The molecule has 0 saturated heterocycles. The normalized spacial score (nSPS) is 21.1. The Morgan fingerprint density at radius 3 is 2.46 bits per heavy atom. The van der Waals surface area contributed by atoms with Gasteiger partial charge >= 0.3 is 12.1 Å². The van der Waals surface area contributed by atoms with Gasteiger partial charge in [0.25, 0.3) is 0 Å². The first-order valence-electron chi connectivity index (χ1n) is 7.65. The average molecular weight is 411 g/mol. The predicted octanol–water partition coefficient (Wildman–Crippen LogP) is 5.88. The van der Waals surface area contributed by atoms with Gasteiger partial charge in [0.05, 0.1) is 5.92 Å². The van der Waals surface area contributed by atoms with Crippen LogP contribution in [0.15, 0.2) is 35.4 Å². The van der Waals surface area contributed by atoms with Gasteiger partial charge in [0, 0.05) is 0 Å². The standard InChI is InChI=1S/C18H16Cl2F4O2/c1-4-5-9-6-7-10(15(22)14(9)21)18(23,24)26-16(25)13-11(8-12(19)20)17(13,2)3/h4,6-8,11,13H,1,5H2,2-3H3. The molecule has 26 heavy (non-hydrogen) atoms. The van der Waals surface area contributed by atoms with Crippen LogP contribution in [0.3, 0.4) is 0 Å². The third-order valence-electron chi connectivity index (χ3n) is 4.54. The van der Waals surface area contributed by atoms with E-state index in [2.05, 4.69) is 11.3 Å². The van der Waals surface area contributed by atoms with Crippen LogP contribution in [-0.2, 0) is 22.1 Å². The molecule has 0 aliphatic heterocycles. The summed E-state index contributed by atoms with van der Waals surface area (Å²) >= 11 is 11.1. The zero-order valence-corrected chi connectivity index (χ0v) is 15.5. The van der Waals surface area contributed by atoms with Crippen LogP contribution in [0.2, 0.25) is 0 Å². The molecule has 1 aliphatic rings. The molecule has 1 fully saturated rings. The molecule has 1 aromatic carbocycles. The summed E-state index contributed by atoms with van der Waals surface area (Å²) < 4.78 is 60.5. The maximum Gasteiger partial charge on any atom is 0.431 e. The van der Waals surface area contributed by atoms with E-state index in [0.717, 1.165) is 6.07 Å². The zero-order valence-electron chi connectivity index (χ0n) is 14.0.